The maximum absolute atomic E-state index is 13.1. The van der Waals surface area contributed by atoms with E-state index in [0.29, 0.717) is 31.4 Å². The number of amides is 1. The lowest BCUT2D eigenvalue weighted by Gasteiger charge is -2.17. The second-order valence-corrected chi connectivity index (χ2v) is 6.69. The number of aromatic amines is 1. The highest BCUT2D eigenvalue weighted by Crippen LogP contribution is 2.35. The van der Waals surface area contributed by atoms with Crippen molar-refractivity contribution in [1.29, 1.82) is 0 Å². The molecule has 1 heterocycles. The molecule has 0 aliphatic heterocycles. The maximum atomic E-state index is 13.1. The van der Waals surface area contributed by atoms with E-state index in [4.69, 9.17) is 4.74 Å². The highest BCUT2D eigenvalue weighted by atomic mass is 19.4. The van der Waals surface area contributed by atoms with E-state index < -0.39 is 23.2 Å². The van der Waals surface area contributed by atoms with Gasteiger partial charge in [-0.2, -0.15) is 13.2 Å². The number of hydrogen-bond donors (Lipinski definition) is 2. The zero-order valence-corrected chi connectivity index (χ0v) is 15.6. The summed E-state index contributed by atoms with van der Waals surface area (Å²) >= 11 is 0. The van der Waals surface area contributed by atoms with E-state index in [1.165, 1.54) is 6.07 Å². The normalized spacial score (nSPS) is 13.7. The fourth-order valence-electron chi connectivity index (χ4n) is 3.08. The number of anilines is 1. The van der Waals surface area contributed by atoms with Crippen LogP contribution in [0.25, 0.3) is 0 Å². The highest BCUT2D eigenvalue weighted by Gasteiger charge is 2.31. The topological polar surface area (TPSA) is 88.3 Å². The standard InChI is InChI=1S/C20H19F3N2O4/c1-2-8-29-17-7-6-11(20(21,22)23)9-15(17)25-19(28)13-10-12-14(24-18(13)27)4-3-5-16(12)26/h6-7,9-10H,2-5,8H2,1H3,(H,24,27)(H,25,28). The Hall–Kier alpha value is -3.10. The van der Waals surface area contributed by atoms with Gasteiger partial charge in [-0.15, -0.1) is 0 Å². The molecule has 0 unspecified atom stereocenters. The number of pyridine rings is 1. The summed E-state index contributed by atoms with van der Waals surface area (Å²) in [5, 5.41) is 2.32. The van der Waals surface area contributed by atoms with Crippen molar-refractivity contribution in [2.24, 2.45) is 0 Å². The van der Waals surface area contributed by atoms with Crippen molar-refractivity contribution < 1.29 is 27.5 Å². The van der Waals surface area contributed by atoms with Gasteiger partial charge in [-0.3, -0.25) is 14.4 Å². The maximum Gasteiger partial charge on any atom is 0.416 e. The summed E-state index contributed by atoms with van der Waals surface area (Å²) in [6.45, 7) is 2.06. The number of carbonyl (C=O) groups excluding carboxylic acids is 2. The first-order chi connectivity index (χ1) is 13.7. The summed E-state index contributed by atoms with van der Waals surface area (Å²) in [6.07, 6.45) is -2.57. The molecule has 0 atom stereocenters. The van der Waals surface area contributed by atoms with E-state index >= 15 is 0 Å². The number of carbonyl (C=O) groups is 2. The molecule has 0 spiro atoms. The molecule has 0 radical (unpaired) electrons. The summed E-state index contributed by atoms with van der Waals surface area (Å²) < 4.78 is 44.6. The lowest BCUT2D eigenvalue weighted by Crippen LogP contribution is -2.27. The number of benzene rings is 1. The minimum absolute atomic E-state index is 0.0543. The Morgan fingerprint density at radius 3 is 2.66 bits per heavy atom. The Morgan fingerprint density at radius 2 is 1.97 bits per heavy atom. The lowest BCUT2D eigenvalue weighted by atomic mass is 9.93. The van der Waals surface area contributed by atoms with E-state index in [2.05, 4.69) is 10.3 Å². The number of H-pyrrole nitrogens is 1. The van der Waals surface area contributed by atoms with Crippen LogP contribution < -0.4 is 15.6 Å². The summed E-state index contributed by atoms with van der Waals surface area (Å²) in [5.74, 6) is -1.06. The first kappa shape index (κ1) is 20.6. The molecule has 2 aromatic rings. The number of ketones is 1. The van der Waals surface area contributed by atoms with Crippen LogP contribution in [0.2, 0.25) is 0 Å². The molecule has 2 N–H and O–H groups in total. The van der Waals surface area contributed by atoms with Gasteiger partial charge in [0.1, 0.15) is 11.3 Å². The Kier molecular flexibility index (Phi) is 5.76. The number of Topliss-reactive ketones (excluding diaryl/α,β-unsaturated/α-hetero) is 1. The molecule has 6 nitrogen and oxygen atoms in total. The van der Waals surface area contributed by atoms with Crippen LogP contribution in [-0.4, -0.2) is 23.3 Å². The van der Waals surface area contributed by atoms with E-state index in [9.17, 15) is 27.6 Å². The molecule has 0 saturated heterocycles. The minimum Gasteiger partial charge on any atom is -0.491 e. The van der Waals surface area contributed by atoms with Crippen LogP contribution in [0.4, 0.5) is 18.9 Å². The second kappa shape index (κ2) is 8.10. The van der Waals surface area contributed by atoms with Crippen LogP contribution in [0.15, 0.2) is 29.1 Å². The number of halogens is 3. The van der Waals surface area contributed by atoms with Crippen molar-refractivity contribution in [3.8, 4) is 5.75 Å². The van der Waals surface area contributed by atoms with Crippen LogP contribution >= 0.6 is 0 Å². The monoisotopic (exact) mass is 408 g/mol. The third-order valence-electron chi connectivity index (χ3n) is 4.52. The van der Waals surface area contributed by atoms with Crippen LogP contribution in [0.1, 0.15) is 58.2 Å². The van der Waals surface area contributed by atoms with Crippen LogP contribution in [0.3, 0.4) is 0 Å². The predicted molar refractivity (Wildman–Crippen MR) is 99.5 cm³/mol. The van der Waals surface area contributed by atoms with Crippen molar-refractivity contribution in [2.45, 2.75) is 38.8 Å². The highest BCUT2D eigenvalue weighted by molar-refractivity contribution is 6.07. The Bertz CT molecular complexity index is 1010. The number of ether oxygens (including phenoxy) is 1. The Morgan fingerprint density at radius 1 is 1.21 bits per heavy atom. The molecule has 1 aliphatic carbocycles. The van der Waals surface area contributed by atoms with Gasteiger partial charge in [0.2, 0.25) is 0 Å². The van der Waals surface area contributed by atoms with Gasteiger partial charge < -0.3 is 15.0 Å². The smallest absolute Gasteiger partial charge is 0.416 e. The molecule has 9 heteroatoms. The summed E-state index contributed by atoms with van der Waals surface area (Å²) in [7, 11) is 0. The number of alkyl halides is 3. The first-order valence-electron chi connectivity index (χ1n) is 9.15. The third-order valence-corrected chi connectivity index (χ3v) is 4.52. The van der Waals surface area contributed by atoms with Gasteiger partial charge >= 0.3 is 6.18 Å². The average Bonchev–Trinajstić information content (AvgIpc) is 2.66. The second-order valence-electron chi connectivity index (χ2n) is 6.69. The number of hydrogen-bond acceptors (Lipinski definition) is 4. The molecular weight excluding hydrogens is 389 g/mol. The fourth-order valence-corrected chi connectivity index (χ4v) is 3.08. The number of nitrogens with one attached hydrogen (secondary N) is 2. The quantitative estimate of drug-likeness (QED) is 0.784. The lowest BCUT2D eigenvalue weighted by molar-refractivity contribution is -0.137. The summed E-state index contributed by atoms with van der Waals surface area (Å²) in [4.78, 5) is 39.5. The molecule has 1 amide bonds. The first-order valence-corrected chi connectivity index (χ1v) is 9.15. The van der Waals surface area contributed by atoms with Gasteiger partial charge in [-0.1, -0.05) is 6.92 Å². The number of aromatic nitrogens is 1. The Balaban J connectivity index is 1.96. The largest absolute Gasteiger partial charge is 0.491 e. The molecule has 1 aromatic carbocycles. The van der Waals surface area contributed by atoms with Crippen LogP contribution in [0, 0.1) is 0 Å². The zero-order valence-electron chi connectivity index (χ0n) is 15.6. The summed E-state index contributed by atoms with van der Waals surface area (Å²) in [6, 6.07) is 3.92. The van der Waals surface area contributed by atoms with Crippen molar-refractivity contribution in [3.63, 3.8) is 0 Å². The molecule has 0 saturated carbocycles. The molecule has 29 heavy (non-hydrogen) atoms. The molecule has 154 valence electrons. The van der Waals surface area contributed by atoms with Crippen LogP contribution in [-0.2, 0) is 12.6 Å². The van der Waals surface area contributed by atoms with Gasteiger partial charge in [-0.05, 0) is 43.5 Å². The van der Waals surface area contributed by atoms with E-state index in [-0.39, 0.29) is 35.0 Å². The van der Waals surface area contributed by atoms with Crippen molar-refractivity contribution >= 4 is 17.4 Å². The van der Waals surface area contributed by atoms with Crippen molar-refractivity contribution in [3.05, 3.63) is 57.0 Å². The molecular formula is C20H19F3N2O4. The van der Waals surface area contributed by atoms with Gasteiger partial charge in [0, 0.05) is 17.7 Å². The van der Waals surface area contributed by atoms with Crippen molar-refractivity contribution in [2.75, 3.05) is 11.9 Å². The summed E-state index contributed by atoms with van der Waals surface area (Å²) in [5.41, 5.74) is -1.51. The van der Waals surface area contributed by atoms with Gasteiger partial charge in [0.05, 0.1) is 17.9 Å². The molecule has 1 aliphatic rings. The van der Waals surface area contributed by atoms with E-state index in [1.807, 2.05) is 6.92 Å². The predicted octanol–water partition coefficient (Wildman–Crippen LogP) is 3.95. The van der Waals surface area contributed by atoms with Gasteiger partial charge in [-0.25, -0.2) is 0 Å². The molecule has 0 fully saturated rings. The minimum atomic E-state index is -4.61. The molecule has 3 rings (SSSR count). The Labute approximate surface area is 164 Å². The number of fused-ring (bicyclic) bond motifs is 1. The average molecular weight is 408 g/mol. The van der Waals surface area contributed by atoms with Crippen molar-refractivity contribution in [1.82, 2.24) is 4.98 Å². The van der Waals surface area contributed by atoms with E-state index in [1.54, 1.807) is 0 Å². The SMILES string of the molecule is CCCOc1ccc(C(F)(F)F)cc1NC(=O)c1cc2c([nH]c1=O)CCCC2=O. The number of aryl methyl sites for hydroxylation is 1. The van der Waals surface area contributed by atoms with E-state index in [0.717, 1.165) is 18.2 Å². The van der Waals surface area contributed by atoms with Crippen LogP contribution in [0.5, 0.6) is 5.75 Å². The fraction of sp³-hybridized carbons (Fsp3) is 0.350. The third kappa shape index (κ3) is 4.49. The number of rotatable bonds is 5. The van der Waals surface area contributed by atoms with Gasteiger partial charge in [0.15, 0.2) is 5.78 Å². The van der Waals surface area contributed by atoms with Gasteiger partial charge in [0.25, 0.3) is 11.5 Å². The zero-order chi connectivity index (χ0) is 21.2. The molecule has 1 aromatic heterocycles. The molecule has 0 bridgehead atoms.